The summed E-state index contributed by atoms with van der Waals surface area (Å²) >= 11 is 5.29. The summed E-state index contributed by atoms with van der Waals surface area (Å²) in [5.74, 6) is 0.272. The second-order valence-electron chi connectivity index (χ2n) is 9.34. The van der Waals surface area contributed by atoms with Crippen LogP contribution in [0.1, 0.15) is 38.4 Å². The number of piperazine rings is 1. The number of aromatic nitrogens is 2. The first-order valence-corrected chi connectivity index (χ1v) is 11.7. The fourth-order valence-corrected chi connectivity index (χ4v) is 3.88. The standard InChI is InChI=1S/C24H34N6O2S/c1-18-7-8-19(25-16-18)6-5-11-29-12-14-30(15-13-29)23(31)32-21-10-9-20(17-26-21)27-22(33)28-24(2,3)4/h7-10,16-17H,5-6,11-15H2,1-4H3,(H2,27,28,33). The van der Waals surface area contributed by atoms with Crippen molar-refractivity contribution in [3.63, 3.8) is 0 Å². The van der Waals surface area contributed by atoms with Crippen molar-refractivity contribution in [2.24, 2.45) is 0 Å². The van der Waals surface area contributed by atoms with Gasteiger partial charge in [0.25, 0.3) is 0 Å². The van der Waals surface area contributed by atoms with Gasteiger partial charge in [0.2, 0.25) is 5.88 Å². The van der Waals surface area contributed by atoms with Gasteiger partial charge in [0, 0.05) is 49.7 Å². The summed E-state index contributed by atoms with van der Waals surface area (Å²) in [4.78, 5) is 25.3. The monoisotopic (exact) mass is 470 g/mol. The fourth-order valence-electron chi connectivity index (χ4n) is 3.46. The zero-order valence-electron chi connectivity index (χ0n) is 19.9. The average Bonchev–Trinajstić information content (AvgIpc) is 2.75. The Balaban J connectivity index is 1.37. The molecule has 1 aliphatic heterocycles. The summed E-state index contributed by atoms with van der Waals surface area (Å²) in [5, 5.41) is 6.77. The Kier molecular flexibility index (Phi) is 8.57. The number of amides is 1. The van der Waals surface area contributed by atoms with Crippen LogP contribution in [0.5, 0.6) is 5.88 Å². The SMILES string of the molecule is Cc1ccc(CCCN2CCN(C(=O)Oc3ccc(NC(=S)NC(C)(C)C)cn3)CC2)nc1. The Hall–Kier alpha value is -2.78. The third-order valence-corrected chi connectivity index (χ3v) is 5.39. The number of ether oxygens (including phenoxy) is 1. The fraction of sp³-hybridized carbons (Fsp3) is 0.500. The van der Waals surface area contributed by atoms with Gasteiger partial charge in [-0.05, 0) is 77.0 Å². The van der Waals surface area contributed by atoms with Crippen LogP contribution in [0.4, 0.5) is 10.5 Å². The van der Waals surface area contributed by atoms with E-state index in [1.54, 1.807) is 23.2 Å². The van der Waals surface area contributed by atoms with E-state index in [0.29, 0.717) is 18.2 Å². The minimum atomic E-state index is -0.364. The van der Waals surface area contributed by atoms with Crippen LogP contribution in [0.2, 0.25) is 0 Å². The van der Waals surface area contributed by atoms with Gasteiger partial charge in [0.05, 0.1) is 11.9 Å². The molecule has 3 rings (SSSR count). The number of hydrogen-bond acceptors (Lipinski definition) is 6. The summed E-state index contributed by atoms with van der Waals surface area (Å²) in [6.07, 6.45) is 5.17. The molecule has 178 valence electrons. The summed E-state index contributed by atoms with van der Waals surface area (Å²) < 4.78 is 5.45. The molecule has 0 radical (unpaired) electrons. The van der Waals surface area contributed by atoms with Crippen LogP contribution in [0.25, 0.3) is 0 Å². The second kappa shape index (κ2) is 11.4. The molecule has 3 heterocycles. The molecule has 1 amide bonds. The van der Waals surface area contributed by atoms with Crippen molar-refractivity contribution in [1.82, 2.24) is 25.1 Å². The van der Waals surface area contributed by atoms with Gasteiger partial charge in [0.15, 0.2) is 5.11 Å². The Morgan fingerprint density at radius 1 is 1.09 bits per heavy atom. The molecular formula is C24H34N6O2S. The minimum Gasteiger partial charge on any atom is -0.391 e. The zero-order valence-corrected chi connectivity index (χ0v) is 20.7. The molecule has 0 bridgehead atoms. The quantitative estimate of drug-likeness (QED) is 0.620. The Labute approximate surface area is 201 Å². The van der Waals surface area contributed by atoms with Crippen molar-refractivity contribution in [1.29, 1.82) is 0 Å². The molecule has 8 nitrogen and oxygen atoms in total. The van der Waals surface area contributed by atoms with Crippen molar-refractivity contribution in [2.45, 2.75) is 46.1 Å². The van der Waals surface area contributed by atoms with E-state index < -0.39 is 0 Å². The van der Waals surface area contributed by atoms with Gasteiger partial charge in [-0.1, -0.05) is 6.07 Å². The van der Waals surface area contributed by atoms with Crippen LogP contribution in [0.15, 0.2) is 36.7 Å². The predicted molar refractivity (Wildman–Crippen MR) is 135 cm³/mol. The number of rotatable bonds is 6. The van der Waals surface area contributed by atoms with Gasteiger partial charge in [-0.25, -0.2) is 9.78 Å². The molecule has 2 N–H and O–H groups in total. The molecule has 1 aliphatic rings. The van der Waals surface area contributed by atoms with E-state index in [9.17, 15) is 4.79 Å². The molecule has 0 unspecified atom stereocenters. The van der Waals surface area contributed by atoms with Crippen LogP contribution in [0.3, 0.4) is 0 Å². The molecule has 0 aromatic carbocycles. The van der Waals surface area contributed by atoms with Crippen molar-refractivity contribution >= 4 is 29.1 Å². The molecule has 0 atom stereocenters. The molecule has 1 saturated heterocycles. The van der Waals surface area contributed by atoms with E-state index in [1.165, 1.54) is 5.56 Å². The number of nitrogens with zero attached hydrogens (tertiary/aromatic N) is 4. The molecular weight excluding hydrogens is 436 g/mol. The van der Waals surface area contributed by atoms with E-state index in [4.69, 9.17) is 17.0 Å². The predicted octanol–water partition coefficient (Wildman–Crippen LogP) is 3.62. The molecule has 2 aromatic heterocycles. The van der Waals surface area contributed by atoms with E-state index in [0.717, 1.165) is 43.9 Å². The van der Waals surface area contributed by atoms with Gasteiger partial charge in [0.1, 0.15) is 0 Å². The first-order valence-electron chi connectivity index (χ1n) is 11.3. The number of hydrogen-bond donors (Lipinski definition) is 2. The summed E-state index contributed by atoms with van der Waals surface area (Å²) in [6, 6.07) is 7.64. The lowest BCUT2D eigenvalue weighted by Gasteiger charge is -2.33. The largest absolute Gasteiger partial charge is 0.416 e. The van der Waals surface area contributed by atoms with Crippen LogP contribution in [0, 0.1) is 6.92 Å². The molecule has 2 aromatic rings. The highest BCUT2D eigenvalue weighted by Gasteiger charge is 2.22. The van der Waals surface area contributed by atoms with E-state index >= 15 is 0 Å². The summed E-state index contributed by atoms with van der Waals surface area (Å²) in [6.45, 7) is 12.1. The third kappa shape index (κ3) is 8.58. The molecule has 0 saturated carbocycles. The third-order valence-electron chi connectivity index (χ3n) is 5.18. The van der Waals surface area contributed by atoms with Gasteiger partial charge in [-0.15, -0.1) is 0 Å². The number of thiocarbonyl (C=S) groups is 1. The maximum atomic E-state index is 12.5. The van der Waals surface area contributed by atoms with Crippen LogP contribution >= 0.6 is 12.2 Å². The molecule has 0 spiro atoms. The number of aryl methyl sites for hydroxylation is 2. The Bertz CT molecular complexity index is 919. The smallest absolute Gasteiger partial charge is 0.391 e. The molecule has 33 heavy (non-hydrogen) atoms. The highest BCUT2D eigenvalue weighted by atomic mass is 32.1. The second-order valence-corrected chi connectivity index (χ2v) is 9.75. The number of carbonyl (C=O) groups excluding carboxylic acids is 1. The summed E-state index contributed by atoms with van der Waals surface area (Å²) in [5.41, 5.74) is 2.91. The number of carbonyl (C=O) groups is 1. The minimum absolute atomic E-state index is 0.130. The maximum absolute atomic E-state index is 12.5. The first kappa shape index (κ1) is 24.9. The van der Waals surface area contributed by atoms with Gasteiger partial charge >= 0.3 is 6.09 Å². The topological polar surface area (TPSA) is 82.6 Å². The summed E-state index contributed by atoms with van der Waals surface area (Å²) in [7, 11) is 0. The molecule has 1 fully saturated rings. The average molecular weight is 471 g/mol. The van der Waals surface area contributed by atoms with Gasteiger partial charge < -0.3 is 20.3 Å². The normalized spacial score (nSPS) is 14.6. The van der Waals surface area contributed by atoms with Gasteiger partial charge in [-0.2, -0.15) is 0 Å². The highest BCUT2D eigenvalue weighted by Crippen LogP contribution is 2.14. The van der Waals surface area contributed by atoms with E-state index in [1.807, 2.05) is 33.9 Å². The van der Waals surface area contributed by atoms with Crippen molar-refractivity contribution in [3.05, 3.63) is 47.9 Å². The van der Waals surface area contributed by atoms with Crippen molar-refractivity contribution in [3.8, 4) is 5.88 Å². The highest BCUT2D eigenvalue weighted by molar-refractivity contribution is 7.80. The van der Waals surface area contributed by atoms with Crippen LogP contribution in [-0.2, 0) is 6.42 Å². The molecule has 9 heteroatoms. The zero-order chi connectivity index (χ0) is 23.8. The van der Waals surface area contributed by atoms with Crippen LogP contribution < -0.4 is 15.4 Å². The van der Waals surface area contributed by atoms with E-state index in [-0.39, 0.29) is 17.5 Å². The lowest BCUT2D eigenvalue weighted by atomic mass is 10.1. The number of anilines is 1. The lowest BCUT2D eigenvalue weighted by Crippen LogP contribution is -2.49. The Morgan fingerprint density at radius 2 is 1.85 bits per heavy atom. The molecule has 0 aliphatic carbocycles. The maximum Gasteiger partial charge on any atom is 0.416 e. The lowest BCUT2D eigenvalue weighted by molar-refractivity contribution is 0.109. The van der Waals surface area contributed by atoms with Gasteiger partial charge in [-0.3, -0.25) is 9.88 Å². The van der Waals surface area contributed by atoms with Crippen molar-refractivity contribution < 1.29 is 9.53 Å². The van der Waals surface area contributed by atoms with E-state index in [2.05, 4.69) is 37.6 Å². The van der Waals surface area contributed by atoms with Crippen molar-refractivity contribution in [2.75, 3.05) is 38.0 Å². The number of pyridine rings is 2. The first-order chi connectivity index (χ1) is 15.7. The Morgan fingerprint density at radius 3 is 2.45 bits per heavy atom. The van der Waals surface area contributed by atoms with Crippen LogP contribution in [-0.4, -0.2) is 69.2 Å². The number of nitrogens with one attached hydrogen (secondary N) is 2.